The summed E-state index contributed by atoms with van der Waals surface area (Å²) in [4.78, 5) is 13.5. The summed E-state index contributed by atoms with van der Waals surface area (Å²) in [7, 11) is 0. The van der Waals surface area contributed by atoms with Gasteiger partial charge in [0.2, 0.25) is 0 Å². The standard InChI is InChI=1S/C7H8ClNO/c8-4-3-6-2-1-5-9-7(6)10/h1-2,5H,3-4H2,(H,9,10). The topological polar surface area (TPSA) is 32.9 Å². The fourth-order valence-electron chi connectivity index (χ4n) is 0.755. The van der Waals surface area contributed by atoms with Crippen molar-refractivity contribution in [2.45, 2.75) is 6.42 Å². The van der Waals surface area contributed by atoms with Gasteiger partial charge in [-0.2, -0.15) is 0 Å². The fraction of sp³-hybridized carbons (Fsp3) is 0.286. The zero-order valence-corrected chi connectivity index (χ0v) is 6.19. The largest absolute Gasteiger partial charge is 0.329 e. The number of aryl methyl sites for hydroxylation is 1. The van der Waals surface area contributed by atoms with E-state index in [4.69, 9.17) is 11.6 Å². The van der Waals surface area contributed by atoms with Crippen molar-refractivity contribution >= 4 is 11.6 Å². The Morgan fingerprint density at radius 1 is 1.60 bits per heavy atom. The van der Waals surface area contributed by atoms with E-state index in [1.807, 2.05) is 0 Å². The van der Waals surface area contributed by atoms with Crippen LogP contribution in [0.5, 0.6) is 0 Å². The first-order valence-corrected chi connectivity index (χ1v) is 3.60. The molecule has 1 aromatic heterocycles. The Labute approximate surface area is 63.8 Å². The molecular weight excluding hydrogens is 150 g/mol. The molecule has 0 saturated heterocycles. The summed E-state index contributed by atoms with van der Waals surface area (Å²) in [5, 5.41) is 0. The van der Waals surface area contributed by atoms with E-state index in [2.05, 4.69) is 4.98 Å². The second kappa shape index (κ2) is 3.42. The lowest BCUT2D eigenvalue weighted by molar-refractivity contribution is 1.07. The number of alkyl halides is 1. The molecule has 54 valence electrons. The zero-order valence-electron chi connectivity index (χ0n) is 5.43. The van der Waals surface area contributed by atoms with Crippen LogP contribution in [0.2, 0.25) is 0 Å². The van der Waals surface area contributed by atoms with E-state index in [0.717, 1.165) is 5.56 Å². The van der Waals surface area contributed by atoms with Crippen molar-refractivity contribution in [3.8, 4) is 0 Å². The first kappa shape index (κ1) is 7.35. The number of aromatic nitrogens is 1. The van der Waals surface area contributed by atoms with Crippen LogP contribution in [0, 0.1) is 0 Å². The summed E-state index contributed by atoms with van der Waals surface area (Å²) in [6.07, 6.45) is 2.25. The Kier molecular flexibility index (Phi) is 2.51. The molecule has 0 radical (unpaired) electrons. The molecule has 0 saturated carbocycles. The molecule has 3 heteroatoms. The molecule has 0 spiro atoms. The smallest absolute Gasteiger partial charge is 0.251 e. The number of H-pyrrole nitrogens is 1. The molecule has 0 fully saturated rings. The van der Waals surface area contributed by atoms with Gasteiger partial charge in [0.25, 0.3) is 5.56 Å². The van der Waals surface area contributed by atoms with Gasteiger partial charge >= 0.3 is 0 Å². The van der Waals surface area contributed by atoms with E-state index in [9.17, 15) is 4.79 Å². The molecule has 0 amide bonds. The number of rotatable bonds is 2. The molecule has 0 bridgehead atoms. The Morgan fingerprint density at radius 3 is 3.00 bits per heavy atom. The maximum Gasteiger partial charge on any atom is 0.251 e. The molecule has 1 heterocycles. The third kappa shape index (κ3) is 1.61. The van der Waals surface area contributed by atoms with Crippen LogP contribution in [0.25, 0.3) is 0 Å². The number of hydrogen-bond acceptors (Lipinski definition) is 1. The van der Waals surface area contributed by atoms with Crippen LogP contribution in [-0.4, -0.2) is 10.9 Å². The second-order valence-corrected chi connectivity index (χ2v) is 2.34. The van der Waals surface area contributed by atoms with Crippen LogP contribution in [0.4, 0.5) is 0 Å². The Hall–Kier alpha value is -0.760. The van der Waals surface area contributed by atoms with Gasteiger partial charge in [-0.25, -0.2) is 0 Å². The summed E-state index contributed by atoms with van der Waals surface area (Å²) >= 11 is 5.46. The highest BCUT2D eigenvalue weighted by atomic mass is 35.5. The minimum atomic E-state index is -0.0387. The van der Waals surface area contributed by atoms with Crippen LogP contribution in [-0.2, 0) is 6.42 Å². The van der Waals surface area contributed by atoms with Crippen LogP contribution in [0.15, 0.2) is 23.1 Å². The van der Waals surface area contributed by atoms with Crippen LogP contribution < -0.4 is 5.56 Å². The van der Waals surface area contributed by atoms with Crippen LogP contribution in [0.3, 0.4) is 0 Å². The molecule has 10 heavy (non-hydrogen) atoms. The van der Waals surface area contributed by atoms with Gasteiger partial charge in [0.05, 0.1) is 0 Å². The van der Waals surface area contributed by atoms with Gasteiger partial charge in [0.15, 0.2) is 0 Å². The minimum Gasteiger partial charge on any atom is -0.329 e. The van der Waals surface area contributed by atoms with Crippen LogP contribution >= 0.6 is 11.6 Å². The number of pyridine rings is 1. The van der Waals surface area contributed by atoms with Gasteiger partial charge in [-0.15, -0.1) is 11.6 Å². The molecule has 0 atom stereocenters. The lowest BCUT2D eigenvalue weighted by Crippen LogP contribution is -2.11. The Balaban J connectivity index is 2.92. The molecule has 1 rings (SSSR count). The van der Waals surface area contributed by atoms with Gasteiger partial charge in [0.1, 0.15) is 0 Å². The van der Waals surface area contributed by atoms with Gasteiger partial charge in [-0.05, 0) is 12.5 Å². The average Bonchev–Trinajstić information content (AvgIpc) is 1.94. The van der Waals surface area contributed by atoms with Crippen molar-refractivity contribution in [1.29, 1.82) is 0 Å². The third-order valence-electron chi connectivity index (χ3n) is 1.26. The summed E-state index contributed by atoms with van der Waals surface area (Å²) in [6, 6.07) is 3.57. The quantitative estimate of drug-likeness (QED) is 0.642. The van der Waals surface area contributed by atoms with E-state index in [0.29, 0.717) is 12.3 Å². The minimum absolute atomic E-state index is 0.0387. The lowest BCUT2D eigenvalue weighted by atomic mass is 10.2. The highest BCUT2D eigenvalue weighted by Crippen LogP contribution is 1.91. The number of halogens is 1. The van der Waals surface area contributed by atoms with E-state index >= 15 is 0 Å². The van der Waals surface area contributed by atoms with Crippen molar-refractivity contribution in [2.75, 3.05) is 5.88 Å². The predicted molar refractivity (Wildman–Crippen MR) is 41.5 cm³/mol. The maximum atomic E-state index is 10.9. The third-order valence-corrected chi connectivity index (χ3v) is 1.45. The monoisotopic (exact) mass is 157 g/mol. The Bertz CT molecular complexity index is 256. The number of aromatic amines is 1. The van der Waals surface area contributed by atoms with E-state index in [1.54, 1.807) is 18.3 Å². The molecule has 1 aromatic rings. The summed E-state index contributed by atoms with van der Waals surface area (Å²) in [6.45, 7) is 0. The predicted octanol–water partition coefficient (Wildman–Crippen LogP) is 1.16. The second-order valence-electron chi connectivity index (χ2n) is 1.96. The van der Waals surface area contributed by atoms with Crippen molar-refractivity contribution in [3.05, 3.63) is 34.2 Å². The van der Waals surface area contributed by atoms with Gasteiger partial charge in [0, 0.05) is 17.6 Å². The Morgan fingerprint density at radius 2 is 2.40 bits per heavy atom. The van der Waals surface area contributed by atoms with E-state index in [-0.39, 0.29) is 5.56 Å². The zero-order chi connectivity index (χ0) is 7.40. The number of hydrogen-bond donors (Lipinski definition) is 1. The van der Waals surface area contributed by atoms with Gasteiger partial charge < -0.3 is 4.98 Å². The molecule has 2 nitrogen and oxygen atoms in total. The number of nitrogens with one attached hydrogen (secondary N) is 1. The molecule has 0 aromatic carbocycles. The van der Waals surface area contributed by atoms with Gasteiger partial charge in [-0.1, -0.05) is 6.07 Å². The average molecular weight is 158 g/mol. The maximum absolute atomic E-state index is 10.9. The highest BCUT2D eigenvalue weighted by Gasteiger charge is 1.94. The molecule has 0 aliphatic heterocycles. The summed E-state index contributed by atoms with van der Waals surface area (Å²) < 4.78 is 0. The fourth-order valence-corrected chi connectivity index (χ4v) is 0.959. The van der Waals surface area contributed by atoms with Crippen molar-refractivity contribution in [1.82, 2.24) is 4.98 Å². The lowest BCUT2D eigenvalue weighted by Gasteiger charge is -1.92. The van der Waals surface area contributed by atoms with Crippen molar-refractivity contribution in [3.63, 3.8) is 0 Å². The first-order valence-electron chi connectivity index (χ1n) is 3.07. The van der Waals surface area contributed by atoms with E-state index in [1.165, 1.54) is 0 Å². The van der Waals surface area contributed by atoms with E-state index < -0.39 is 0 Å². The molecule has 1 N–H and O–H groups in total. The van der Waals surface area contributed by atoms with Crippen molar-refractivity contribution < 1.29 is 0 Å². The normalized spacial score (nSPS) is 9.70. The summed E-state index contributed by atoms with van der Waals surface area (Å²) in [5.74, 6) is 0.493. The molecule has 0 aliphatic carbocycles. The SMILES string of the molecule is O=c1[nH]cccc1CCCl. The molecule has 0 unspecified atom stereocenters. The summed E-state index contributed by atoms with van der Waals surface area (Å²) in [5.41, 5.74) is 0.709. The molecule has 0 aliphatic rings. The van der Waals surface area contributed by atoms with Crippen LogP contribution in [0.1, 0.15) is 5.56 Å². The first-order chi connectivity index (χ1) is 4.84. The van der Waals surface area contributed by atoms with Crippen molar-refractivity contribution in [2.24, 2.45) is 0 Å². The highest BCUT2D eigenvalue weighted by molar-refractivity contribution is 6.17. The van der Waals surface area contributed by atoms with Gasteiger partial charge in [-0.3, -0.25) is 4.79 Å². The molecular formula is C7H8ClNO.